The van der Waals surface area contributed by atoms with Crippen LogP contribution in [0.15, 0.2) is 48.8 Å². The minimum Gasteiger partial charge on any atom is -0.497 e. The number of aliphatic hydroxyl groups excluding tert-OH is 2. The Labute approximate surface area is 136 Å². The highest BCUT2D eigenvalue weighted by molar-refractivity contribution is 5.29. The van der Waals surface area contributed by atoms with Gasteiger partial charge in [0, 0.05) is 30.9 Å². The SMILES string of the molecule is COc1cccc(CNC2C(c3cccnc3)CC(O)C2O)c1. The molecule has 5 nitrogen and oxygen atoms in total. The van der Waals surface area contributed by atoms with Gasteiger partial charge in [-0.3, -0.25) is 4.98 Å². The van der Waals surface area contributed by atoms with Crippen LogP contribution in [0.1, 0.15) is 23.5 Å². The third-order valence-corrected chi connectivity index (χ3v) is 4.48. The number of pyridine rings is 1. The first-order valence-corrected chi connectivity index (χ1v) is 7.81. The van der Waals surface area contributed by atoms with Crippen LogP contribution in [0.5, 0.6) is 5.75 Å². The highest BCUT2D eigenvalue weighted by atomic mass is 16.5. The smallest absolute Gasteiger partial charge is 0.119 e. The first kappa shape index (κ1) is 15.9. The molecule has 1 fully saturated rings. The Kier molecular flexibility index (Phi) is 4.91. The topological polar surface area (TPSA) is 74.6 Å². The second-order valence-corrected chi connectivity index (χ2v) is 5.94. The van der Waals surface area contributed by atoms with Crippen molar-refractivity contribution in [1.29, 1.82) is 0 Å². The van der Waals surface area contributed by atoms with Crippen molar-refractivity contribution in [2.24, 2.45) is 0 Å². The van der Waals surface area contributed by atoms with Gasteiger partial charge in [0.05, 0.1) is 19.3 Å². The fourth-order valence-corrected chi connectivity index (χ4v) is 3.24. The summed E-state index contributed by atoms with van der Waals surface area (Å²) >= 11 is 0. The summed E-state index contributed by atoms with van der Waals surface area (Å²) < 4.78 is 5.23. The Morgan fingerprint density at radius 3 is 2.87 bits per heavy atom. The van der Waals surface area contributed by atoms with Gasteiger partial charge in [-0.2, -0.15) is 0 Å². The van der Waals surface area contributed by atoms with Crippen LogP contribution in [0.4, 0.5) is 0 Å². The first-order chi connectivity index (χ1) is 11.2. The molecule has 0 spiro atoms. The molecule has 5 heteroatoms. The summed E-state index contributed by atoms with van der Waals surface area (Å²) in [5, 5.41) is 23.7. The van der Waals surface area contributed by atoms with Crippen molar-refractivity contribution >= 4 is 0 Å². The summed E-state index contributed by atoms with van der Waals surface area (Å²) in [4.78, 5) is 4.15. The number of ether oxygens (including phenoxy) is 1. The molecule has 2 aromatic rings. The first-order valence-electron chi connectivity index (χ1n) is 7.81. The van der Waals surface area contributed by atoms with Gasteiger partial charge in [-0.25, -0.2) is 0 Å². The van der Waals surface area contributed by atoms with E-state index in [1.54, 1.807) is 19.5 Å². The van der Waals surface area contributed by atoms with Crippen molar-refractivity contribution in [2.75, 3.05) is 7.11 Å². The maximum absolute atomic E-state index is 10.3. The van der Waals surface area contributed by atoms with Gasteiger partial charge in [-0.05, 0) is 35.7 Å². The molecular formula is C18H22N2O3. The van der Waals surface area contributed by atoms with Gasteiger partial charge in [-0.1, -0.05) is 18.2 Å². The second kappa shape index (κ2) is 7.08. The average molecular weight is 314 g/mol. The van der Waals surface area contributed by atoms with E-state index in [9.17, 15) is 10.2 Å². The molecule has 0 aliphatic heterocycles. The Balaban J connectivity index is 1.73. The number of nitrogens with one attached hydrogen (secondary N) is 1. The van der Waals surface area contributed by atoms with E-state index in [0.29, 0.717) is 13.0 Å². The molecule has 1 aliphatic rings. The van der Waals surface area contributed by atoms with E-state index in [0.717, 1.165) is 16.9 Å². The molecule has 3 rings (SSSR count). The molecule has 122 valence electrons. The van der Waals surface area contributed by atoms with Crippen LogP contribution in [-0.4, -0.2) is 40.6 Å². The molecule has 1 aromatic carbocycles. The lowest BCUT2D eigenvalue weighted by Gasteiger charge is -2.24. The van der Waals surface area contributed by atoms with Gasteiger partial charge in [0.2, 0.25) is 0 Å². The fraction of sp³-hybridized carbons (Fsp3) is 0.389. The quantitative estimate of drug-likeness (QED) is 0.779. The maximum Gasteiger partial charge on any atom is 0.119 e. The molecule has 3 N–H and O–H groups in total. The van der Waals surface area contributed by atoms with Crippen molar-refractivity contribution in [1.82, 2.24) is 10.3 Å². The predicted molar refractivity (Wildman–Crippen MR) is 87.2 cm³/mol. The molecule has 0 amide bonds. The number of methoxy groups -OCH3 is 1. The monoisotopic (exact) mass is 314 g/mol. The zero-order valence-electron chi connectivity index (χ0n) is 13.1. The summed E-state index contributed by atoms with van der Waals surface area (Å²) in [5.74, 6) is 0.847. The van der Waals surface area contributed by atoms with Crippen LogP contribution in [-0.2, 0) is 6.54 Å². The van der Waals surface area contributed by atoms with Crippen LogP contribution < -0.4 is 10.1 Å². The van der Waals surface area contributed by atoms with E-state index in [1.165, 1.54) is 0 Å². The zero-order valence-corrected chi connectivity index (χ0v) is 13.1. The van der Waals surface area contributed by atoms with E-state index >= 15 is 0 Å². The van der Waals surface area contributed by atoms with Crippen molar-refractivity contribution in [3.05, 3.63) is 59.9 Å². The van der Waals surface area contributed by atoms with Crippen LogP contribution >= 0.6 is 0 Å². The normalized spacial score (nSPS) is 27.1. The Morgan fingerprint density at radius 2 is 2.13 bits per heavy atom. The Bertz CT molecular complexity index is 635. The van der Waals surface area contributed by atoms with E-state index in [1.807, 2.05) is 36.4 Å². The number of aromatic nitrogens is 1. The van der Waals surface area contributed by atoms with Gasteiger partial charge < -0.3 is 20.3 Å². The van der Waals surface area contributed by atoms with Gasteiger partial charge in [0.1, 0.15) is 5.75 Å². The van der Waals surface area contributed by atoms with E-state index in [-0.39, 0.29) is 12.0 Å². The molecule has 0 radical (unpaired) electrons. The summed E-state index contributed by atoms with van der Waals surface area (Å²) in [6.07, 6.45) is 2.55. The number of hydrogen-bond acceptors (Lipinski definition) is 5. The van der Waals surface area contributed by atoms with Gasteiger partial charge in [0.25, 0.3) is 0 Å². The van der Waals surface area contributed by atoms with E-state index in [2.05, 4.69) is 10.3 Å². The van der Waals surface area contributed by atoms with Gasteiger partial charge in [0.15, 0.2) is 0 Å². The molecule has 1 saturated carbocycles. The molecule has 1 heterocycles. The minimum atomic E-state index is -0.786. The maximum atomic E-state index is 10.3. The van der Waals surface area contributed by atoms with Crippen molar-refractivity contribution in [2.45, 2.75) is 37.1 Å². The standard InChI is InChI=1S/C18H22N2O3/c1-23-14-6-2-4-12(8-14)10-20-17-15(9-16(21)18(17)22)13-5-3-7-19-11-13/h2-8,11,15-18,20-22H,9-10H2,1H3. The van der Waals surface area contributed by atoms with E-state index in [4.69, 9.17) is 4.74 Å². The van der Waals surface area contributed by atoms with Gasteiger partial charge in [-0.15, -0.1) is 0 Å². The van der Waals surface area contributed by atoms with Crippen LogP contribution in [0.3, 0.4) is 0 Å². The van der Waals surface area contributed by atoms with Crippen LogP contribution in [0.25, 0.3) is 0 Å². The summed E-state index contributed by atoms with van der Waals surface area (Å²) in [6.45, 7) is 0.600. The molecular weight excluding hydrogens is 292 g/mol. The van der Waals surface area contributed by atoms with Crippen molar-refractivity contribution in [3.63, 3.8) is 0 Å². The Morgan fingerprint density at radius 1 is 1.26 bits per heavy atom. The molecule has 23 heavy (non-hydrogen) atoms. The lowest BCUT2D eigenvalue weighted by Crippen LogP contribution is -2.41. The molecule has 4 unspecified atom stereocenters. The van der Waals surface area contributed by atoms with Crippen molar-refractivity contribution in [3.8, 4) is 5.75 Å². The molecule has 0 saturated heterocycles. The highest BCUT2D eigenvalue weighted by Gasteiger charge is 2.42. The molecule has 1 aromatic heterocycles. The number of nitrogens with zero attached hydrogens (tertiary/aromatic N) is 1. The second-order valence-electron chi connectivity index (χ2n) is 5.94. The number of aliphatic hydroxyl groups is 2. The van der Waals surface area contributed by atoms with Crippen LogP contribution in [0.2, 0.25) is 0 Å². The average Bonchev–Trinajstić information content (AvgIpc) is 2.89. The third kappa shape index (κ3) is 3.52. The zero-order chi connectivity index (χ0) is 16.2. The van der Waals surface area contributed by atoms with Crippen molar-refractivity contribution < 1.29 is 14.9 Å². The number of benzene rings is 1. The number of hydrogen-bond donors (Lipinski definition) is 3. The predicted octanol–water partition coefficient (Wildman–Crippen LogP) is 1.46. The molecule has 0 bridgehead atoms. The van der Waals surface area contributed by atoms with E-state index < -0.39 is 12.2 Å². The fourth-order valence-electron chi connectivity index (χ4n) is 3.24. The largest absolute Gasteiger partial charge is 0.497 e. The third-order valence-electron chi connectivity index (χ3n) is 4.48. The summed E-state index contributed by atoms with van der Waals surface area (Å²) in [5.41, 5.74) is 2.11. The summed E-state index contributed by atoms with van der Waals surface area (Å²) in [7, 11) is 1.64. The molecule has 1 aliphatic carbocycles. The highest BCUT2D eigenvalue weighted by Crippen LogP contribution is 2.35. The summed E-state index contributed by atoms with van der Waals surface area (Å²) in [6, 6.07) is 11.5. The molecule has 4 atom stereocenters. The van der Waals surface area contributed by atoms with Crippen LogP contribution in [0, 0.1) is 0 Å². The number of rotatable bonds is 5. The lowest BCUT2D eigenvalue weighted by molar-refractivity contribution is 0.0297. The Hall–Kier alpha value is -1.95. The minimum absolute atomic E-state index is 0.0410. The van der Waals surface area contributed by atoms with Gasteiger partial charge >= 0.3 is 0 Å². The lowest BCUT2D eigenvalue weighted by atomic mass is 9.95.